The molecule has 0 aliphatic carbocycles. The Labute approximate surface area is 122 Å². The first-order valence-corrected chi connectivity index (χ1v) is 7.59. The van der Waals surface area contributed by atoms with Gasteiger partial charge in [-0.05, 0) is 41.9 Å². The first-order valence-electron chi connectivity index (χ1n) is 7.59. The summed E-state index contributed by atoms with van der Waals surface area (Å²) in [6.45, 7) is 8.41. The molecule has 1 aromatic rings. The molecule has 0 aromatic heterocycles. The highest BCUT2D eigenvalue weighted by atomic mass is 16.2. The highest BCUT2D eigenvalue weighted by molar-refractivity contribution is 5.77. The van der Waals surface area contributed by atoms with Gasteiger partial charge in [0.2, 0.25) is 5.91 Å². The summed E-state index contributed by atoms with van der Waals surface area (Å²) < 4.78 is 0. The third-order valence-electron chi connectivity index (χ3n) is 4.21. The molecule has 1 heterocycles. The maximum absolute atomic E-state index is 12.4. The van der Waals surface area contributed by atoms with Gasteiger partial charge in [0.1, 0.15) is 0 Å². The molecular formula is C17H26N2O. The van der Waals surface area contributed by atoms with Crippen LogP contribution < -0.4 is 5.73 Å². The van der Waals surface area contributed by atoms with Crippen LogP contribution in [0.2, 0.25) is 0 Å². The van der Waals surface area contributed by atoms with Crippen LogP contribution in [0.5, 0.6) is 0 Å². The Kier molecular flexibility index (Phi) is 4.69. The molecule has 0 radical (unpaired) electrons. The van der Waals surface area contributed by atoms with Crippen molar-refractivity contribution in [3.63, 3.8) is 0 Å². The Morgan fingerprint density at radius 1 is 1.25 bits per heavy atom. The van der Waals surface area contributed by atoms with Gasteiger partial charge in [0.25, 0.3) is 0 Å². The molecule has 3 heteroatoms. The lowest BCUT2D eigenvalue weighted by atomic mass is 9.90. The summed E-state index contributed by atoms with van der Waals surface area (Å²) in [4.78, 5) is 14.5. The van der Waals surface area contributed by atoms with Gasteiger partial charge in [0, 0.05) is 25.2 Å². The lowest BCUT2D eigenvalue weighted by Gasteiger charge is -2.35. The largest absolute Gasteiger partial charge is 0.399 e. The van der Waals surface area contributed by atoms with E-state index in [-0.39, 0.29) is 11.8 Å². The van der Waals surface area contributed by atoms with E-state index in [0.29, 0.717) is 18.3 Å². The van der Waals surface area contributed by atoms with Crippen molar-refractivity contribution in [3.05, 3.63) is 29.8 Å². The molecule has 2 N–H and O–H groups in total. The summed E-state index contributed by atoms with van der Waals surface area (Å²) in [5, 5.41) is 0. The molecule has 20 heavy (non-hydrogen) atoms. The number of hydrogen-bond acceptors (Lipinski definition) is 2. The topological polar surface area (TPSA) is 46.3 Å². The molecule has 1 aliphatic rings. The van der Waals surface area contributed by atoms with Crippen LogP contribution in [-0.4, -0.2) is 23.9 Å². The van der Waals surface area contributed by atoms with E-state index in [1.807, 2.05) is 29.2 Å². The number of rotatable bonds is 3. The zero-order valence-electron chi connectivity index (χ0n) is 12.8. The lowest BCUT2D eigenvalue weighted by Crippen LogP contribution is -2.42. The average molecular weight is 274 g/mol. The normalized spacial score (nSPS) is 24.4. The van der Waals surface area contributed by atoms with Crippen LogP contribution in [0.1, 0.15) is 45.1 Å². The number of nitrogens with two attached hydrogens (primary N) is 1. The fourth-order valence-corrected chi connectivity index (χ4v) is 3.20. The van der Waals surface area contributed by atoms with Gasteiger partial charge >= 0.3 is 0 Å². The predicted octanol–water partition coefficient (Wildman–Crippen LogP) is 3.27. The second-order valence-electron chi connectivity index (χ2n) is 6.52. The lowest BCUT2D eigenvalue weighted by molar-refractivity contribution is -0.134. The zero-order valence-corrected chi connectivity index (χ0v) is 12.8. The van der Waals surface area contributed by atoms with E-state index in [0.717, 1.165) is 18.8 Å². The molecular weight excluding hydrogens is 248 g/mol. The summed E-state index contributed by atoms with van der Waals surface area (Å²) >= 11 is 0. The Hall–Kier alpha value is -1.51. The fourth-order valence-electron chi connectivity index (χ4n) is 3.20. The number of hydrogen-bond donors (Lipinski definition) is 1. The van der Waals surface area contributed by atoms with Crippen molar-refractivity contribution < 1.29 is 4.79 Å². The standard InChI is InChI=1S/C17H26N2O/c1-12-8-13(2)11-19(10-12)17(20)9-14(3)15-4-6-16(18)7-5-15/h4-7,12-14H,8-11,18H2,1-3H3. The van der Waals surface area contributed by atoms with E-state index >= 15 is 0 Å². The van der Waals surface area contributed by atoms with Crippen molar-refractivity contribution in [3.8, 4) is 0 Å². The van der Waals surface area contributed by atoms with Crippen molar-refractivity contribution >= 4 is 11.6 Å². The molecule has 0 bridgehead atoms. The molecule has 3 atom stereocenters. The van der Waals surface area contributed by atoms with Gasteiger partial charge in [0.15, 0.2) is 0 Å². The number of carbonyl (C=O) groups excluding carboxylic acids is 1. The van der Waals surface area contributed by atoms with Crippen LogP contribution in [0.25, 0.3) is 0 Å². The van der Waals surface area contributed by atoms with E-state index in [4.69, 9.17) is 5.73 Å². The molecule has 1 aliphatic heterocycles. The third kappa shape index (κ3) is 3.75. The molecule has 1 amide bonds. The minimum Gasteiger partial charge on any atom is -0.399 e. The molecule has 1 saturated heterocycles. The Balaban J connectivity index is 1.95. The summed E-state index contributed by atoms with van der Waals surface area (Å²) in [6, 6.07) is 7.85. The fraction of sp³-hybridized carbons (Fsp3) is 0.588. The van der Waals surface area contributed by atoms with Crippen LogP contribution in [-0.2, 0) is 4.79 Å². The second kappa shape index (κ2) is 6.29. The third-order valence-corrected chi connectivity index (χ3v) is 4.21. The van der Waals surface area contributed by atoms with E-state index in [2.05, 4.69) is 20.8 Å². The summed E-state index contributed by atoms with van der Waals surface area (Å²) in [5.41, 5.74) is 7.66. The van der Waals surface area contributed by atoms with E-state index in [1.54, 1.807) is 0 Å². The van der Waals surface area contributed by atoms with Crippen molar-refractivity contribution in [1.82, 2.24) is 4.90 Å². The van der Waals surface area contributed by atoms with Crippen LogP contribution >= 0.6 is 0 Å². The maximum Gasteiger partial charge on any atom is 0.223 e. The van der Waals surface area contributed by atoms with Crippen LogP contribution in [0.4, 0.5) is 5.69 Å². The van der Waals surface area contributed by atoms with Crippen LogP contribution in [0.3, 0.4) is 0 Å². The number of piperidine rings is 1. The van der Waals surface area contributed by atoms with Gasteiger partial charge in [-0.1, -0.05) is 32.9 Å². The second-order valence-corrected chi connectivity index (χ2v) is 6.52. The Morgan fingerprint density at radius 3 is 2.35 bits per heavy atom. The van der Waals surface area contributed by atoms with Gasteiger partial charge in [0.05, 0.1) is 0 Å². The summed E-state index contributed by atoms with van der Waals surface area (Å²) in [6.07, 6.45) is 1.82. The quantitative estimate of drug-likeness (QED) is 0.860. The first kappa shape index (κ1) is 14.9. The molecule has 0 spiro atoms. The van der Waals surface area contributed by atoms with Gasteiger partial charge in [-0.15, -0.1) is 0 Å². The maximum atomic E-state index is 12.4. The minimum absolute atomic E-state index is 0.246. The number of nitrogens with zero attached hydrogens (tertiary/aromatic N) is 1. The zero-order chi connectivity index (χ0) is 14.7. The number of benzene rings is 1. The molecule has 1 aromatic carbocycles. The summed E-state index contributed by atoms with van der Waals surface area (Å²) in [5.74, 6) is 1.77. The average Bonchev–Trinajstić information content (AvgIpc) is 2.38. The monoisotopic (exact) mass is 274 g/mol. The van der Waals surface area contributed by atoms with Gasteiger partial charge in [-0.3, -0.25) is 4.79 Å². The number of anilines is 1. The highest BCUT2D eigenvalue weighted by Gasteiger charge is 2.26. The highest BCUT2D eigenvalue weighted by Crippen LogP contribution is 2.25. The van der Waals surface area contributed by atoms with E-state index in [9.17, 15) is 4.79 Å². The van der Waals surface area contributed by atoms with Gasteiger partial charge < -0.3 is 10.6 Å². The molecule has 1 fully saturated rings. The SMILES string of the molecule is CC1CC(C)CN(C(=O)CC(C)c2ccc(N)cc2)C1. The molecule has 3 nitrogen and oxygen atoms in total. The smallest absolute Gasteiger partial charge is 0.223 e. The first-order chi connectivity index (χ1) is 9.45. The van der Waals surface area contributed by atoms with Gasteiger partial charge in [-0.2, -0.15) is 0 Å². The number of carbonyl (C=O) groups is 1. The Bertz CT molecular complexity index is 445. The molecule has 2 rings (SSSR count). The van der Waals surface area contributed by atoms with E-state index < -0.39 is 0 Å². The van der Waals surface area contributed by atoms with Crippen molar-refractivity contribution in [2.45, 2.75) is 39.5 Å². The van der Waals surface area contributed by atoms with Crippen molar-refractivity contribution in [1.29, 1.82) is 0 Å². The molecule has 0 saturated carbocycles. The van der Waals surface area contributed by atoms with Crippen LogP contribution in [0, 0.1) is 11.8 Å². The van der Waals surface area contributed by atoms with Crippen molar-refractivity contribution in [2.75, 3.05) is 18.8 Å². The molecule has 110 valence electrons. The number of likely N-dealkylation sites (tertiary alicyclic amines) is 1. The number of nitrogen functional groups attached to an aromatic ring is 1. The van der Waals surface area contributed by atoms with Gasteiger partial charge in [-0.25, -0.2) is 0 Å². The Morgan fingerprint density at radius 2 is 1.80 bits per heavy atom. The minimum atomic E-state index is 0.246. The van der Waals surface area contributed by atoms with Crippen molar-refractivity contribution in [2.24, 2.45) is 11.8 Å². The summed E-state index contributed by atoms with van der Waals surface area (Å²) in [7, 11) is 0. The van der Waals surface area contributed by atoms with E-state index in [1.165, 1.54) is 12.0 Å². The predicted molar refractivity (Wildman–Crippen MR) is 83.4 cm³/mol. The van der Waals surface area contributed by atoms with Crippen LogP contribution in [0.15, 0.2) is 24.3 Å². The molecule has 3 unspecified atom stereocenters. The number of amides is 1.